The fourth-order valence-corrected chi connectivity index (χ4v) is 3.65. The molecule has 0 radical (unpaired) electrons. The van der Waals surface area contributed by atoms with Crippen molar-refractivity contribution >= 4 is 34.8 Å². The third-order valence-corrected chi connectivity index (χ3v) is 4.97. The Morgan fingerprint density at radius 3 is 2.33 bits per heavy atom. The normalized spacial score (nSPS) is 22.2. The van der Waals surface area contributed by atoms with Gasteiger partial charge in [-0.3, -0.25) is 0 Å². The maximum absolute atomic E-state index is 6.41. The van der Waals surface area contributed by atoms with Gasteiger partial charge in [-0.25, -0.2) is 0 Å². The second-order valence-electron chi connectivity index (χ2n) is 5.42. The van der Waals surface area contributed by atoms with Crippen molar-refractivity contribution < 1.29 is 0 Å². The first-order valence-corrected chi connectivity index (χ1v) is 8.19. The van der Waals surface area contributed by atoms with E-state index >= 15 is 0 Å². The molecule has 0 saturated carbocycles. The molecule has 0 spiro atoms. The molecule has 0 amide bonds. The summed E-state index contributed by atoms with van der Waals surface area (Å²) in [5.74, 6) is 0.755. The molecule has 0 bridgehead atoms. The van der Waals surface area contributed by atoms with Crippen LogP contribution in [-0.2, 0) is 0 Å². The molecule has 2 aromatic carbocycles. The first kappa shape index (κ1) is 15.2. The fraction of sp³-hybridized carbons (Fsp3) is 0.294. The van der Waals surface area contributed by atoms with Gasteiger partial charge in [-0.15, -0.1) is 0 Å². The largest absolute Gasteiger partial charge is 0.316 e. The smallest absolute Gasteiger partial charge is 0.0442 e. The molecule has 110 valence electrons. The van der Waals surface area contributed by atoms with Crippen LogP contribution in [0.2, 0.25) is 15.1 Å². The van der Waals surface area contributed by atoms with Gasteiger partial charge < -0.3 is 5.32 Å². The number of rotatable bonds is 2. The number of halogens is 3. The van der Waals surface area contributed by atoms with Gasteiger partial charge >= 0.3 is 0 Å². The van der Waals surface area contributed by atoms with Gasteiger partial charge in [-0.2, -0.15) is 0 Å². The second-order valence-corrected chi connectivity index (χ2v) is 6.70. The Labute approximate surface area is 140 Å². The summed E-state index contributed by atoms with van der Waals surface area (Å²) in [5.41, 5.74) is 2.43. The van der Waals surface area contributed by atoms with Gasteiger partial charge in [-0.1, -0.05) is 46.9 Å². The van der Waals surface area contributed by atoms with Crippen LogP contribution in [0.15, 0.2) is 42.5 Å². The third-order valence-electron chi connectivity index (χ3n) is 4.14. The minimum Gasteiger partial charge on any atom is -0.316 e. The van der Waals surface area contributed by atoms with Crippen LogP contribution in [0.5, 0.6) is 0 Å². The number of piperidine rings is 1. The lowest BCUT2D eigenvalue weighted by molar-refractivity contribution is 0.404. The summed E-state index contributed by atoms with van der Waals surface area (Å²) in [4.78, 5) is 0. The van der Waals surface area contributed by atoms with Crippen molar-refractivity contribution in [1.82, 2.24) is 5.32 Å². The first-order chi connectivity index (χ1) is 10.1. The van der Waals surface area contributed by atoms with E-state index in [1.807, 2.05) is 30.3 Å². The highest BCUT2D eigenvalue weighted by atomic mass is 35.5. The number of benzene rings is 2. The van der Waals surface area contributed by atoms with E-state index in [2.05, 4.69) is 17.4 Å². The summed E-state index contributed by atoms with van der Waals surface area (Å²) < 4.78 is 0. The minimum absolute atomic E-state index is 0.374. The van der Waals surface area contributed by atoms with Gasteiger partial charge in [-0.05, 0) is 60.3 Å². The summed E-state index contributed by atoms with van der Waals surface area (Å²) >= 11 is 18.6. The van der Waals surface area contributed by atoms with E-state index in [0.29, 0.717) is 11.8 Å². The molecule has 2 atom stereocenters. The molecule has 2 aromatic rings. The van der Waals surface area contributed by atoms with E-state index in [9.17, 15) is 0 Å². The van der Waals surface area contributed by atoms with E-state index in [0.717, 1.165) is 40.1 Å². The first-order valence-electron chi connectivity index (χ1n) is 7.06. The molecule has 4 heteroatoms. The third kappa shape index (κ3) is 3.37. The van der Waals surface area contributed by atoms with Crippen molar-refractivity contribution in [2.45, 2.75) is 18.3 Å². The fourth-order valence-electron chi connectivity index (χ4n) is 3.09. The van der Waals surface area contributed by atoms with Crippen LogP contribution in [-0.4, -0.2) is 13.1 Å². The van der Waals surface area contributed by atoms with E-state index in [1.165, 1.54) is 5.56 Å². The van der Waals surface area contributed by atoms with Crippen LogP contribution in [0.3, 0.4) is 0 Å². The van der Waals surface area contributed by atoms with E-state index in [1.54, 1.807) is 0 Å². The Kier molecular flexibility index (Phi) is 4.75. The van der Waals surface area contributed by atoms with Crippen molar-refractivity contribution in [3.05, 3.63) is 68.7 Å². The highest BCUT2D eigenvalue weighted by Crippen LogP contribution is 2.41. The molecule has 1 aliphatic rings. The SMILES string of the molecule is Clc1ccc(C2CNCCC2c2cc(Cl)ccc2Cl)cc1. The molecule has 1 N–H and O–H groups in total. The van der Waals surface area contributed by atoms with Gasteiger partial charge in [0.15, 0.2) is 0 Å². The molecule has 21 heavy (non-hydrogen) atoms. The lowest BCUT2D eigenvalue weighted by Gasteiger charge is -2.33. The maximum Gasteiger partial charge on any atom is 0.0442 e. The summed E-state index contributed by atoms with van der Waals surface area (Å²) in [5, 5.41) is 5.77. The number of nitrogens with one attached hydrogen (secondary N) is 1. The topological polar surface area (TPSA) is 12.0 Å². The Morgan fingerprint density at radius 1 is 0.857 bits per heavy atom. The molecular weight excluding hydrogens is 325 g/mol. The lowest BCUT2D eigenvalue weighted by atomic mass is 9.77. The zero-order valence-corrected chi connectivity index (χ0v) is 13.7. The van der Waals surface area contributed by atoms with Crippen LogP contribution in [0, 0.1) is 0 Å². The molecule has 1 heterocycles. The molecule has 0 aliphatic carbocycles. The van der Waals surface area contributed by atoms with Gasteiger partial charge in [0.2, 0.25) is 0 Å². The van der Waals surface area contributed by atoms with Gasteiger partial charge in [0.25, 0.3) is 0 Å². The van der Waals surface area contributed by atoms with Crippen LogP contribution in [0.1, 0.15) is 29.4 Å². The quantitative estimate of drug-likeness (QED) is 0.760. The zero-order valence-electron chi connectivity index (χ0n) is 11.5. The van der Waals surface area contributed by atoms with Gasteiger partial charge in [0.05, 0.1) is 0 Å². The predicted octanol–water partition coefficient (Wildman–Crippen LogP) is 5.51. The van der Waals surface area contributed by atoms with Crippen molar-refractivity contribution in [3.63, 3.8) is 0 Å². The van der Waals surface area contributed by atoms with E-state index < -0.39 is 0 Å². The predicted molar refractivity (Wildman–Crippen MR) is 90.9 cm³/mol. The summed E-state index contributed by atoms with van der Waals surface area (Å²) in [7, 11) is 0. The van der Waals surface area contributed by atoms with Crippen LogP contribution in [0.25, 0.3) is 0 Å². The van der Waals surface area contributed by atoms with Crippen LogP contribution < -0.4 is 5.32 Å². The summed E-state index contributed by atoms with van der Waals surface area (Å²) in [6, 6.07) is 13.8. The molecule has 1 nitrogen and oxygen atoms in total. The average Bonchev–Trinajstić information content (AvgIpc) is 2.51. The number of hydrogen-bond donors (Lipinski definition) is 1. The second kappa shape index (κ2) is 6.58. The molecule has 1 saturated heterocycles. The Hall–Kier alpha value is -0.730. The maximum atomic E-state index is 6.41. The monoisotopic (exact) mass is 339 g/mol. The van der Waals surface area contributed by atoms with Crippen molar-refractivity contribution in [2.75, 3.05) is 13.1 Å². The lowest BCUT2D eigenvalue weighted by Crippen LogP contribution is -2.34. The molecule has 1 fully saturated rings. The Balaban J connectivity index is 1.98. The summed E-state index contributed by atoms with van der Waals surface area (Å²) in [6.45, 7) is 1.94. The standard InChI is InChI=1S/C17H16Cl3N/c18-12-3-1-11(2-4-12)16-10-21-8-7-14(16)15-9-13(19)5-6-17(15)20/h1-6,9,14,16,21H,7-8,10H2. The zero-order chi connectivity index (χ0) is 14.8. The van der Waals surface area contributed by atoms with Crippen LogP contribution in [0.4, 0.5) is 0 Å². The van der Waals surface area contributed by atoms with Gasteiger partial charge in [0, 0.05) is 27.5 Å². The van der Waals surface area contributed by atoms with Crippen molar-refractivity contribution in [1.29, 1.82) is 0 Å². The molecule has 0 aromatic heterocycles. The van der Waals surface area contributed by atoms with Gasteiger partial charge in [0.1, 0.15) is 0 Å². The van der Waals surface area contributed by atoms with Crippen LogP contribution >= 0.6 is 34.8 Å². The Bertz CT molecular complexity index is 624. The van der Waals surface area contributed by atoms with E-state index in [4.69, 9.17) is 34.8 Å². The minimum atomic E-state index is 0.374. The van der Waals surface area contributed by atoms with Crippen molar-refractivity contribution in [3.8, 4) is 0 Å². The highest BCUT2D eigenvalue weighted by molar-refractivity contribution is 6.33. The average molecular weight is 341 g/mol. The molecule has 1 aliphatic heterocycles. The molecule has 2 unspecified atom stereocenters. The number of hydrogen-bond acceptors (Lipinski definition) is 1. The Morgan fingerprint density at radius 2 is 1.57 bits per heavy atom. The molecule has 3 rings (SSSR count). The van der Waals surface area contributed by atoms with Crippen molar-refractivity contribution in [2.24, 2.45) is 0 Å². The highest BCUT2D eigenvalue weighted by Gasteiger charge is 2.29. The molecular formula is C17H16Cl3N. The van der Waals surface area contributed by atoms with E-state index in [-0.39, 0.29) is 0 Å². The summed E-state index contributed by atoms with van der Waals surface area (Å²) in [6.07, 6.45) is 1.05.